The van der Waals surface area contributed by atoms with Crippen LogP contribution in [0.5, 0.6) is 0 Å². The van der Waals surface area contributed by atoms with Gasteiger partial charge in [-0.15, -0.1) is 0 Å². The van der Waals surface area contributed by atoms with Crippen LogP contribution in [0.2, 0.25) is 0 Å². The number of carbonyl (C=O) groups is 1. The van der Waals surface area contributed by atoms with Crippen LogP contribution in [0.15, 0.2) is 12.3 Å². The summed E-state index contributed by atoms with van der Waals surface area (Å²) >= 11 is 0. The molecule has 1 aromatic heterocycles. The van der Waals surface area contributed by atoms with Crippen LogP contribution in [0.3, 0.4) is 0 Å². The van der Waals surface area contributed by atoms with Crippen LogP contribution in [0.25, 0.3) is 0 Å². The predicted molar refractivity (Wildman–Crippen MR) is 79.1 cm³/mol. The highest BCUT2D eigenvalue weighted by atomic mass is 16.6. The second-order valence-electron chi connectivity index (χ2n) is 6.02. The lowest BCUT2D eigenvalue weighted by Crippen LogP contribution is -2.50. The fourth-order valence-electron chi connectivity index (χ4n) is 2.61. The van der Waals surface area contributed by atoms with Crippen molar-refractivity contribution >= 4 is 11.6 Å². The van der Waals surface area contributed by atoms with Gasteiger partial charge in [-0.05, 0) is 26.2 Å². The van der Waals surface area contributed by atoms with Crippen molar-refractivity contribution in [3.05, 3.63) is 28.1 Å². The van der Waals surface area contributed by atoms with Crippen molar-refractivity contribution in [2.45, 2.75) is 39.3 Å². The molecule has 1 aromatic rings. The van der Waals surface area contributed by atoms with E-state index in [1.54, 1.807) is 9.47 Å². The molecule has 2 heterocycles. The first-order valence-corrected chi connectivity index (χ1v) is 7.22. The molecule has 0 bridgehead atoms. The third kappa shape index (κ3) is 3.07. The van der Waals surface area contributed by atoms with E-state index in [1.165, 1.54) is 12.3 Å². The molecule has 1 aliphatic rings. The summed E-state index contributed by atoms with van der Waals surface area (Å²) in [6.45, 7) is 7.00. The van der Waals surface area contributed by atoms with Gasteiger partial charge in [0.15, 0.2) is 0 Å². The second kappa shape index (κ2) is 5.85. The number of nitrogens with two attached hydrogens (primary N) is 1. The van der Waals surface area contributed by atoms with Gasteiger partial charge in [0, 0.05) is 31.2 Å². The Bertz CT molecular complexity index is 552. The zero-order chi connectivity index (χ0) is 15.7. The van der Waals surface area contributed by atoms with Crippen LogP contribution in [0, 0.1) is 16.0 Å². The molecular formula is C14H22N4O3. The van der Waals surface area contributed by atoms with E-state index in [0.717, 1.165) is 6.42 Å². The number of hydrogen-bond donors (Lipinski definition) is 1. The quantitative estimate of drug-likeness (QED) is 0.679. The minimum absolute atomic E-state index is 0.0185. The van der Waals surface area contributed by atoms with Gasteiger partial charge >= 0.3 is 0 Å². The van der Waals surface area contributed by atoms with E-state index >= 15 is 0 Å². The number of nitro groups is 1. The largest absolute Gasteiger partial charge is 0.336 e. The molecule has 0 saturated carbocycles. The maximum absolute atomic E-state index is 12.6. The number of aromatic nitrogens is 1. The van der Waals surface area contributed by atoms with Gasteiger partial charge < -0.3 is 15.2 Å². The zero-order valence-electron chi connectivity index (χ0n) is 12.7. The van der Waals surface area contributed by atoms with Gasteiger partial charge in [-0.25, -0.2) is 0 Å². The van der Waals surface area contributed by atoms with Gasteiger partial charge in [0.05, 0.1) is 11.1 Å². The van der Waals surface area contributed by atoms with E-state index in [9.17, 15) is 14.9 Å². The number of nitrogens with zero attached hydrogens (tertiary/aromatic N) is 3. The first-order chi connectivity index (χ1) is 9.81. The monoisotopic (exact) mass is 294 g/mol. The molecule has 0 spiro atoms. The Morgan fingerprint density at radius 3 is 2.71 bits per heavy atom. The van der Waals surface area contributed by atoms with Crippen molar-refractivity contribution in [3.8, 4) is 0 Å². The van der Waals surface area contributed by atoms with E-state index in [2.05, 4.69) is 6.92 Å². The van der Waals surface area contributed by atoms with Crippen LogP contribution in [0.1, 0.15) is 43.7 Å². The van der Waals surface area contributed by atoms with Crippen molar-refractivity contribution in [2.24, 2.45) is 11.7 Å². The number of piperidine rings is 1. The average molecular weight is 294 g/mol. The minimum atomic E-state index is -0.473. The Morgan fingerprint density at radius 2 is 2.19 bits per heavy atom. The van der Waals surface area contributed by atoms with Crippen molar-refractivity contribution < 1.29 is 9.72 Å². The standard InChI is InChI=1S/C14H22N4O3/c1-9(2)17-7-11(18(20)21)6-13(17)14(19)16-5-4-10(3)12(15)8-16/h6-7,9-10,12H,4-5,8,15H2,1-3H3. The lowest BCUT2D eigenvalue weighted by molar-refractivity contribution is -0.384. The van der Waals surface area contributed by atoms with Crippen molar-refractivity contribution in [1.82, 2.24) is 9.47 Å². The molecule has 7 heteroatoms. The number of rotatable bonds is 3. The summed E-state index contributed by atoms with van der Waals surface area (Å²) in [5.74, 6) is 0.208. The van der Waals surface area contributed by atoms with E-state index < -0.39 is 4.92 Å². The van der Waals surface area contributed by atoms with Crippen molar-refractivity contribution in [3.63, 3.8) is 0 Å². The zero-order valence-corrected chi connectivity index (χ0v) is 12.7. The third-order valence-corrected chi connectivity index (χ3v) is 4.12. The molecule has 1 fully saturated rings. The van der Waals surface area contributed by atoms with Gasteiger partial charge in [0.2, 0.25) is 0 Å². The van der Waals surface area contributed by atoms with Crippen LogP contribution < -0.4 is 5.73 Å². The summed E-state index contributed by atoms with van der Waals surface area (Å²) in [5, 5.41) is 10.9. The molecule has 2 unspecified atom stereocenters. The van der Waals surface area contributed by atoms with Crippen LogP contribution >= 0.6 is 0 Å². The molecule has 7 nitrogen and oxygen atoms in total. The second-order valence-corrected chi connectivity index (χ2v) is 6.02. The van der Waals surface area contributed by atoms with Gasteiger partial charge in [0.25, 0.3) is 11.6 Å². The SMILES string of the molecule is CC1CCN(C(=O)c2cc([N+](=O)[O-])cn2C(C)C)CC1N. The van der Waals surface area contributed by atoms with Gasteiger partial charge in [-0.3, -0.25) is 14.9 Å². The Hall–Kier alpha value is -1.89. The molecular weight excluding hydrogens is 272 g/mol. The molecule has 21 heavy (non-hydrogen) atoms. The van der Waals surface area contributed by atoms with Crippen molar-refractivity contribution in [2.75, 3.05) is 13.1 Å². The Balaban J connectivity index is 2.28. The van der Waals surface area contributed by atoms with Crippen molar-refractivity contribution in [1.29, 1.82) is 0 Å². The Kier molecular flexibility index (Phi) is 4.32. The fraction of sp³-hybridized carbons (Fsp3) is 0.643. The third-order valence-electron chi connectivity index (χ3n) is 4.12. The Labute approximate surface area is 123 Å². The smallest absolute Gasteiger partial charge is 0.287 e. The molecule has 1 aliphatic heterocycles. The molecule has 0 radical (unpaired) electrons. The molecule has 2 atom stereocenters. The first kappa shape index (κ1) is 15.5. The summed E-state index contributed by atoms with van der Waals surface area (Å²) < 4.78 is 1.66. The number of likely N-dealkylation sites (tertiary alicyclic amines) is 1. The van der Waals surface area contributed by atoms with Crippen LogP contribution in [0.4, 0.5) is 5.69 Å². The van der Waals surface area contributed by atoms with E-state index in [4.69, 9.17) is 5.73 Å². The maximum atomic E-state index is 12.6. The average Bonchev–Trinajstić information content (AvgIpc) is 2.86. The summed E-state index contributed by atoms with van der Waals surface area (Å²) in [5.41, 5.74) is 6.33. The summed E-state index contributed by atoms with van der Waals surface area (Å²) in [6, 6.07) is 1.29. The molecule has 2 N–H and O–H groups in total. The fourth-order valence-corrected chi connectivity index (χ4v) is 2.61. The molecule has 116 valence electrons. The number of hydrogen-bond acceptors (Lipinski definition) is 4. The molecule has 0 aromatic carbocycles. The van der Waals surface area contributed by atoms with Crippen LogP contribution in [-0.4, -0.2) is 39.4 Å². The lowest BCUT2D eigenvalue weighted by atomic mass is 9.94. The lowest BCUT2D eigenvalue weighted by Gasteiger charge is -2.35. The van der Waals surface area contributed by atoms with E-state index in [0.29, 0.717) is 24.7 Å². The van der Waals surface area contributed by atoms with Gasteiger partial charge in [-0.1, -0.05) is 6.92 Å². The highest BCUT2D eigenvalue weighted by Gasteiger charge is 2.30. The predicted octanol–water partition coefficient (Wildman–Crippen LogP) is 1.79. The van der Waals surface area contributed by atoms with E-state index in [1.807, 2.05) is 13.8 Å². The highest BCUT2D eigenvalue weighted by molar-refractivity contribution is 5.93. The van der Waals surface area contributed by atoms with Crippen LogP contribution in [-0.2, 0) is 0 Å². The van der Waals surface area contributed by atoms with Gasteiger partial charge in [-0.2, -0.15) is 0 Å². The number of amides is 1. The minimum Gasteiger partial charge on any atom is -0.336 e. The molecule has 0 aliphatic carbocycles. The highest BCUT2D eigenvalue weighted by Crippen LogP contribution is 2.24. The molecule has 1 amide bonds. The van der Waals surface area contributed by atoms with Gasteiger partial charge in [0.1, 0.15) is 5.69 Å². The topological polar surface area (TPSA) is 94.4 Å². The Morgan fingerprint density at radius 1 is 1.52 bits per heavy atom. The summed E-state index contributed by atoms with van der Waals surface area (Å²) in [4.78, 5) is 24.8. The maximum Gasteiger partial charge on any atom is 0.287 e. The van der Waals surface area contributed by atoms with E-state index in [-0.39, 0.29) is 23.7 Å². The first-order valence-electron chi connectivity index (χ1n) is 7.22. The summed E-state index contributed by atoms with van der Waals surface area (Å²) in [6.07, 6.45) is 2.28. The number of carbonyl (C=O) groups excluding carboxylic acids is 1. The molecule has 2 rings (SSSR count). The summed E-state index contributed by atoms with van der Waals surface area (Å²) in [7, 11) is 0. The normalized spacial score (nSPS) is 22.6. The molecule has 1 saturated heterocycles.